The van der Waals surface area contributed by atoms with Crippen LogP contribution in [0.4, 0.5) is 5.69 Å². The van der Waals surface area contributed by atoms with Gasteiger partial charge < -0.3 is 4.74 Å². The Morgan fingerprint density at radius 1 is 1.17 bits per heavy atom. The normalized spacial score (nSPS) is 11.8. The monoisotopic (exact) mass is 408 g/mol. The van der Waals surface area contributed by atoms with Gasteiger partial charge in [0.05, 0.1) is 16.1 Å². The van der Waals surface area contributed by atoms with Crippen LogP contribution in [0, 0.1) is 10.1 Å². The van der Waals surface area contributed by atoms with Crippen molar-refractivity contribution in [3.63, 3.8) is 0 Å². The summed E-state index contributed by atoms with van der Waals surface area (Å²) in [6.45, 7) is 2.70. The Bertz CT molecular complexity index is 1280. The van der Waals surface area contributed by atoms with Crippen molar-refractivity contribution in [1.29, 1.82) is 0 Å². The van der Waals surface area contributed by atoms with E-state index in [0.717, 1.165) is 17.7 Å². The molecule has 9 heteroatoms. The molecule has 8 nitrogen and oxygen atoms in total. The van der Waals surface area contributed by atoms with Crippen LogP contribution in [0.5, 0.6) is 5.75 Å². The summed E-state index contributed by atoms with van der Waals surface area (Å²) in [7, 11) is 0. The molecule has 0 amide bonds. The number of benzene rings is 2. The van der Waals surface area contributed by atoms with Crippen LogP contribution >= 0.6 is 11.3 Å². The van der Waals surface area contributed by atoms with Crippen molar-refractivity contribution < 1.29 is 9.66 Å². The second kappa shape index (κ2) is 7.80. The molecule has 0 saturated carbocycles. The van der Waals surface area contributed by atoms with E-state index in [1.54, 1.807) is 18.2 Å². The molecule has 0 unspecified atom stereocenters. The first-order chi connectivity index (χ1) is 14.0. The third-order valence-electron chi connectivity index (χ3n) is 4.17. The third-order valence-corrected chi connectivity index (χ3v) is 5.13. The maximum atomic E-state index is 12.6. The number of aromatic nitrogens is 3. The van der Waals surface area contributed by atoms with E-state index in [0.29, 0.717) is 27.5 Å². The highest BCUT2D eigenvalue weighted by Crippen LogP contribution is 2.20. The van der Waals surface area contributed by atoms with E-state index in [2.05, 4.69) is 10.1 Å². The molecule has 0 radical (unpaired) electrons. The van der Waals surface area contributed by atoms with Crippen LogP contribution in [0.2, 0.25) is 0 Å². The van der Waals surface area contributed by atoms with Crippen LogP contribution in [0.3, 0.4) is 0 Å². The molecule has 0 bridgehead atoms. The van der Waals surface area contributed by atoms with Gasteiger partial charge in [-0.3, -0.25) is 14.9 Å². The van der Waals surface area contributed by atoms with Crippen LogP contribution in [-0.2, 0) is 0 Å². The predicted molar refractivity (Wildman–Crippen MR) is 110 cm³/mol. The summed E-state index contributed by atoms with van der Waals surface area (Å²) in [4.78, 5) is 27.9. The lowest BCUT2D eigenvalue weighted by molar-refractivity contribution is -0.384. The van der Waals surface area contributed by atoms with E-state index >= 15 is 0 Å². The molecule has 0 aliphatic rings. The van der Waals surface area contributed by atoms with Crippen molar-refractivity contribution in [2.75, 3.05) is 6.61 Å². The van der Waals surface area contributed by atoms with E-state index in [-0.39, 0.29) is 11.2 Å². The van der Waals surface area contributed by atoms with Gasteiger partial charge in [0.2, 0.25) is 4.96 Å². The van der Waals surface area contributed by atoms with Gasteiger partial charge in [-0.15, -0.1) is 5.10 Å². The van der Waals surface area contributed by atoms with Crippen LogP contribution in [0.25, 0.3) is 22.4 Å². The average molecular weight is 408 g/mol. The first-order valence-electron chi connectivity index (χ1n) is 8.94. The third kappa shape index (κ3) is 3.85. The molecule has 0 saturated heterocycles. The first kappa shape index (κ1) is 18.8. The van der Waals surface area contributed by atoms with Gasteiger partial charge in [-0.05, 0) is 54.5 Å². The second-order valence-corrected chi connectivity index (χ2v) is 7.28. The highest BCUT2D eigenvalue weighted by atomic mass is 32.1. The number of fused-ring (bicyclic) bond motifs is 1. The number of non-ortho nitro benzene ring substituents is 1. The van der Waals surface area contributed by atoms with Gasteiger partial charge in [-0.25, -0.2) is 0 Å². The fraction of sp³-hybridized carbons (Fsp3) is 0.150. The van der Waals surface area contributed by atoms with Crippen molar-refractivity contribution in [2.24, 2.45) is 0 Å². The molecule has 4 rings (SSSR count). The Kier molecular flexibility index (Phi) is 5.05. The standard InChI is InChI=1S/C20H16N4O4S/c1-2-11-28-16-9-5-14(6-10-16)18-21-20-23(22-18)19(25)17(29-20)12-13-3-7-15(8-4-13)24(26)27/h3-10,12H,2,11H2,1H3. The largest absolute Gasteiger partial charge is 0.494 e. The second-order valence-electron chi connectivity index (χ2n) is 6.27. The van der Waals surface area contributed by atoms with E-state index in [1.165, 1.54) is 28.0 Å². The highest BCUT2D eigenvalue weighted by molar-refractivity contribution is 7.15. The summed E-state index contributed by atoms with van der Waals surface area (Å²) < 4.78 is 7.30. The van der Waals surface area contributed by atoms with Gasteiger partial charge in [0, 0.05) is 17.7 Å². The van der Waals surface area contributed by atoms with Crippen LogP contribution in [0.15, 0.2) is 53.3 Å². The average Bonchev–Trinajstić information content (AvgIpc) is 3.27. The molecule has 2 aromatic heterocycles. The summed E-state index contributed by atoms with van der Waals surface area (Å²) in [5, 5.41) is 15.1. The molecule has 2 aromatic carbocycles. The number of hydrogen-bond donors (Lipinski definition) is 0. The zero-order valence-electron chi connectivity index (χ0n) is 15.4. The minimum Gasteiger partial charge on any atom is -0.494 e. The Hall–Kier alpha value is -3.59. The van der Waals surface area contributed by atoms with Gasteiger partial charge >= 0.3 is 0 Å². The lowest BCUT2D eigenvalue weighted by Gasteiger charge is -2.04. The number of thiazole rings is 1. The molecular formula is C20H16N4O4S. The van der Waals surface area contributed by atoms with Gasteiger partial charge in [0.1, 0.15) is 5.75 Å². The van der Waals surface area contributed by atoms with E-state index in [1.807, 2.05) is 31.2 Å². The predicted octanol–water partition coefficient (Wildman–Crippen LogP) is 3.06. The summed E-state index contributed by atoms with van der Waals surface area (Å²) in [6, 6.07) is 13.4. The van der Waals surface area contributed by atoms with Crippen molar-refractivity contribution in [3.05, 3.63) is 79.1 Å². The minimum atomic E-state index is -0.462. The smallest absolute Gasteiger partial charge is 0.291 e. The molecule has 2 heterocycles. The van der Waals surface area contributed by atoms with Crippen molar-refractivity contribution in [2.45, 2.75) is 13.3 Å². The molecule has 0 atom stereocenters. The van der Waals surface area contributed by atoms with Gasteiger partial charge in [-0.2, -0.15) is 9.50 Å². The summed E-state index contributed by atoms with van der Waals surface area (Å²) >= 11 is 1.22. The highest BCUT2D eigenvalue weighted by Gasteiger charge is 2.12. The molecule has 4 aromatic rings. The van der Waals surface area contributed by atoms with Gasteiger partial charge in [-0.1, -0.05) is 18.3 Å². The Morgan fingerprint density at radius 2 is 1.90 bits per heavy atom. The maximum Gasteiger partial charge on any atom is 0.291 e. The molecule has 0 fully saturated rings. The fourth-order valence-electron chi connectivity index (χ4n) is 2.72. The topological polar surface area (TPSA) is 99.6 Å². The number of nitrogens with zero attached hydrogens (tertiary/aromatic N) is 4. The molecule has 0 spiro atoms. The number of hydrogen-bond acceptors (Lipinski definition) is 7. The molecule has 29 heavy (non-hydrogen) atoms. The molecule has 0 aliphatic carbocycles. The number of ether oxygens (including phenoxy) is 1. The Labute approximate surface area is 168 Å². The van der Waals surface area contributed by atoms with Crippen LogP contribution in [-0.4, -0.2) is 26.1 Å². The van der Waals surface area contributed by atoms with Gasteiger partial charge in [0.25, 0.3) is 11.2 Å². The molecule has 0 N–H and O–H groups in total. The maximum absolute atomic E-state index is 12.6. The number of nitro benzene ring substituents is 1. The zero-order valence-corrected chi connectivity index (χ0v) is 16.3. The fourth-order valence-corrected chi connectivity index (χ4v) is 3.63. The lowest BCUT2D eigenvalue weighted by atomic mass is 10.2. The zero-order chi connectivity index (χ0) is 20.4. The van der Waals surface area contributed by atoms with Crippen molar-refractivity contribution >= 4 is 28.1 Å². The quantitative estimate of drug-likeness (QED) is 0.359. The first-order valence-corrected chi connectivity index (χ1v) is 9.76. The molecular weight excluding hydrogens is 392 g/mol. The van der Waals surface area contributed by atoms with E-state index < -0.39 is 4.92 Å². The van der Waals surface area contributed by atoms with E-state index in [9.17, 15) is 14.9 Å². The number of rotatable bonds is 6. The van der Waals surface area contributed by atoms with Crippen LogP contribution in [0.1, 0.15) is 18.9 Å². The van der Waals surface area contributed by atoms with Gasteiger partial charge in [0.15, 0.2) is 5.82 Å². The van der Waals surface area contributed by atoms with Crippen molar-refractivity contribution in [3.8, 4) is 17.1 Å². The number of nitro groups is 1. The molecule has 0 aliphatic heterocycles. The van der Waals surface area contributed by atoms with Crippen molar-refractivity contribution in [1.82, 2.24) is 14.6 Å². The SMILES string of the molecule is CCCOc1ccc(-c2nc3sc(=Cc4ccc([N+](=O)[O-])cc4)c(=O)n3n2)cc1. The Morgan fingerprint density at radius 3 is 2.52 bits per heavy atom. The summed E-state index contributed by atoms with van der Waals surface area (Å²) in [6.07, 6.45) is 2.61. The minimum absolute atomic E-state index is 0.00269. The summed E-state index contributed by atoms with van der Waals surface area (Å²) in [5.41, 5.74) is 1.22. The summed E-state index contributed by atoms with van der Waals surface area (Å²) in [5.74, 6) is 1.25. The van der Waals surface area contributed by atoms with E-state index in [4.69, 9.17) is 4.74 Å². The Balaban J connectivity index is 1.63. The molecule has 146 valence electrons. The lowest BCUT2D eigenvalue weighted by Crippen LogP contribution is -2.23. The van der Waals surface area contributed by atoms with Crippen LogP contribution < -0.4 is 14.8 Å².